The smallest absolute Gasteiger partial charge is 0.243 e. The average molecular weight is 268 g/mol. The van der Waals surface area contributed by atoms with Crippen LogP contribution in [0, 0.1) is 0 Å². The maximum atomic E-state index is 5.68. The van der Waals surface area contributed by atoms with E-state index in [4.69, 9.17) is 14.0 Å². The van der Waals surface area contributed by atoms with Crippen molar-refractivity contribution in [2.75, 3.05) is 40.4 Å². The van der Waals surface area contributed by atoms with Gasteiger partial charge in [-0.05, 0) is 13.5 Å². The van der Waals surface area contributed by atoms with Crippen LogP contribution in [-0.4, -0.2) is 61.5 Å². The number of nitrogens with one attached hydrogen (secondary N) is 1. The monoisotopic (exact) mass is 268 g/mol. The highest BCUT2D eigenvalue weighted by molar-refractivity contribution is 5.00. The quantitative estimate of drug-likeness (QED) is 0.834. The molecule has 3 atom stereocenters. The van der Waals surface area contributed by atoms with E-state index >= 15 is 0 Å². The molecule has 0 radical (unpaired) electrons. The first-order valence-electron chi connectivity index (χ1n) is 6.66. The average Bonchev–Trinajstić information content (AvgIpc) is 3.07. The van der Waals surface area contributed by atoms with Crippen molar-refractivity contribution < 1.29 is 14.0 Å². The molecule has 19 heavy (non-hydrogen) atoms. The van der Waals surface area contributed by atoms with Crippen molar-refractivity contribution in [2.24, 2.45) is 0 Å². The molecule has 2 aliphatic rings. The molecule has 0 saturated carbocycles. The molecule has 2 saturated heterocycles. The van der Waals surface area contributed by atoms with E-state index in [1.807, 2.05) is 0 Å². The lowest BCUT2D eigenvalue weighted by molar-refractivity contribution is -0.0264. The van der Waals surface area contributed by atoms with Crippen molar-refractivity contribution in [2.45, 2.75) is 24.7 Å². The van der Waals surface area contributed by atoms with Gasteiger partial charge in [0.2, 0.25) is 11.7 Å². The predicted molar refractivity (Wildman–Crippen MR) is 66.6 cm³/mol. The van der Waals surface area contributed by atoms with E-state index < -0.39 is 0 Å². The zero-order valence-electron chi connectivity index (χ0n) is 11.3. The summed E-state index contributed by atoms with van der Waals surface area (Å²) in [6, 6.07) is 0.0903. The number of morpholine rings is 1. The second-order valence-electron chi connectivity index (χ2n) is 5.17. The van der Waals surface area contributed by atoms with E-state index in [0.29, 0.717) is 18.3 Å². The summed E-state index contributed by atoms with van der Waals surface area (Å²) in [7, 11) is 3.79. The molecule has 2 aliphatic heterocycles. The SMILES string of the molecule is COC1CNC(c2nc(C3CN(C)CCO3)no2)C1. The Hall–Kier alpha value is -1.02. The van der Waals surface area contributed by atoms with Crippen LogP contribution in [0.1, 0.15) is 30.3 Å². The number of aromatic nitrogens is 2. The van der Waals surface area contributed by atoms with E-state index in [1.54, 1.807) is 7.11 Å². The number of likely N-dealkylation sites (N-methyl/N-ethyl adjacent to an activating group) is 1. The molecule has 1 aromatic rings. The van der Waals surface area contributed by atoms with Crippen LogP contribution in [0.4, 0.5) is 0 Å². The molecule has 3 unspecified atom stereocenters. The van der Waals surface area contributed by atoms with E-state index in [-0.39, 0.29) is 18.2 Å². The van der Waals surface area contributed by atoms with Crippen molar-refractivity contribution in [1.29, 1.82) is 0 Å². The van der Waals surface area contributed by atoms with Gasteiger partial charge in [0.05, 0.1) is 18.8 Å². The third-order valence-corrected chi connectivity index (χ3v) is 3.74. The van der Waals surface area contributed by atoms with E-state index in [1.165, 1.54) is 0 Å². The number of rotatable bonds is 3. The molecule has 1 N–H and O–H groups in total. The largest absolute Gasteiger partial charge is 0.380 e. The van der Waals surface area contributed by atoms with Gasteiger partial charge in [-0.15, -0.1) is 0 Å². The molecule has 1 aromatic heterocycles. The van der Waals surface area contributed by atoms with Crippen molar-refractivity contribution in [3.05, 3.63) is 11.7 Å². The molecule has 3 heterocycles. The Morgan fingerprint density at radius 3 is 3.11 bits per heavy atom. The molecule has 3 rings (SSSR count). The Labute approximate surface area is 112 Å². The minimum absolute atomic E-state index is 0.0872. The molecular weight excluding hydrogens is 248 g/mol. The van der Waals surface area contributed by atoms with Crippen LogP contribution in [0.3, 0.4) is 0 Å². The Kier molecular flexibility index (Phi) is 3.79. The summed E-state index contributed by atoms with van der Waals surface area (Å²) in [5, 5.41) is 7.38. The van der Waals surface area contributed by atoms with Gasteiger partial charge in [-0.2, -0.15) is 4.98 Å². The van der Waals surface area contributed by atoms with E-state index in [0.717, 1.165) is 26.1 Å². The number of nitrogens with zero attached hydrogens (tertiary/aromatic N) is 3. The van der Waals surface area contributed by atoms with Crippen LogP contribution in [0.25, 0.3) is 0 Å². The lowest BCUT2D eigenvalue weighted by Gasteiger charge is -2.27. The number of methoxy groups -OCH3 is 1. The molecule has 0 aromatic carbocycles. The van der Waals surface area contributed by atoms with Gasteiger partial charge < -0.3 is 24.2 Å². The zero-order chi connectivity index (χ0) is 13.2. The van der Waals surface area contributed by atoms with Crippen molar-refractivity contribution in [1.82, 2.24) is 20.4 Å². The normalized spacial score (nSPS) is 32.8. The Morgan fingerprint density at radius 1 is 1.47 bits per heavy atom. The maximum absolute atomic E-state index is 5.68. The predicted octanol–water partition coefficient (Wildman–Crippen LogP) is 0.122. The minimum atomic E-state index is -0.0872. The first kappa shape index (κ1) is 13.0. The summed E-state index contributed by atoms with van der Waals surface area (Å²) < 4.78 is 16.3. The molecule has 0 aliphatic carbocycles. The topological polar surface area (TPSA) is 72.7 Å². The summed E-state index contributed by atoms with van der Waals surface area (Å²) in [6.45, 7) is 3.28. The number of hydrogen-bond acceptors (Lipinski definition) is 7. The highest BCUT2D eigenvalue weighted by Crippen LogP contribution is 2.25. The summed E-state index contributed by atoms with van der Waals surface area (Å²) in [4.78, 5) is 6.68. The molecule has 0 spiro atoms. The third-order valence-electron chi connectivity index (χ3n) is 3.74. The standard InChI is InChI=1S/C12H20N4O3/c1-16-3-4-18-10(7-16)11-14-12(19-15-11)9-5-8(17-2)6-13-9/h8-10,13H,3-7H2,1-2H3. The summed E-state index contributed by atoms with van der Waals surface area (Å²) in [5.74, 6) is 1.27. The van der Waals surface area contributed by atoms with Crippen LogP contribution >= 0.6 is 0 Å². The van der Waals surface area contributed by atoms with Gasteiger partial charge in [0, 0.05) is 26.7 Å². The highest BCUT2D eigenvalue weighted by atomic mass is 16.5. The van der Waals surface area contributed by atoms with Crippen LogP contribution in [0.15, 0.2) is 4.52 Å². The van der Waals surface area contributed by atoms with Crippen LogP contribution in [0.5, 0.6) is 0 Å². The number of hydrogen-bond donors (Lipinski definition) is 1. The van der Waals surface area contributed by atoms with Crippen molar-refractivity contribution in [3.63, 3.8) is 0 Å². The first-order chi connectivity index (χ1) is 9.26. The van der Waals surface area contributed by atoms with Gasteiger partial charge in [-0.25, -0.2) is 0 Å². The fraction of sp³-hybridized carbons (Fsp3) is 0.833. The van der Waals surface area contributed by atoms with Gasteiger partial charge in [0.25, 0.3) is 0 Å². The highest BCUT2D eigenvalue weighted by Gasteiger charge is 2.31. The van der Waals surface area contributed by atoms with Crippen LogP contribution in [0.2, 0.25) is 0 Å². The van der Waals surface area contributed by atoms with Gasteiger partial charge in [0.1, 0.15) is 6.10 Å². The van der Waals surface area contributed by atoms with Gasteiger partial charge >= 0.3 is 0 Å². The van der Waals surface area contributed by atoms with E-state index in [9.17, 15) is 0 Å². The second kappa shape index (κ2) is 5.54. The molecule has 7 heteroatoms. The zero-order valence-corrected chi connectivity index (χ0v) is 11.3. The molecule has 2 fully saturated rings. The molecule has 0 bridgehead atoms. The summed E-state index contributed by atoms with van der Waals surface area (Å²) in [6.07, 6.45) is 0.997. The molecule has 106 valence electrons. The summed E-state index contributed by atoms with van der Waals surface area (Å²) in [5.41, 5.74) is 0. The lowest BCUT2D eigenvalue weighted by atomic mass is 10.2. The van der Waals surface area contributed by atoms with Crippen molar-refractivity contribution in [3.8, 4) is 0 Å². The van der Waals surface area contributed by atoms with Gasteiger partial charge in [-0.3, -0.25) is 0 Å². The Bertz CT molecular complexity index is 425. The lowest BCUT2D eigenvalue weighted by Crippen LogP contribution is -2.35. The van der Waals surface area contributed by atoms with E-state index in [2.05, 4.69) is 27.4 Å². The Morgan fingerprint density at radius 2 is 2.37 bits per heavy atom. The summed E-state index contributed by atoms with van der Waals surface area (Å²) >= 11 is 0. The van der Waals surface area contributed by atoms with Crippen LogP contribution in [-0.2, 0) is 9.47 Å². The number of ether oxygens (including phenoxy) is 2. The molecule has 7 nitrogen and oxygen atoms in total. The third kappa shape index (κ3) is 2.79. The first-order valence-corrected chi connectivity index (χ1v) is 6.66. The second-order valence-corrected chi connectivity index (χ2v) is 5.17. The molecule has 0 amide bonds. The Balaban J connectivity index is 1.66. The van der Waals surface area contributed by atoms with Gasteiger partial charge in [0.15, 0.2) is 0 Å². The fourth-order valence-corrected chi connectivity index (χ4v) is 2.52. The van der Waals surface area contributed by atoms with Gasteiger partial charge in [-0.1, -0.05) is 5.16 Å². The minimum Gasteiger partial charge on any atom is -0.380 e. The maximum Gasteiger partial charge on any atom is 0.243 e. The fourth-order valence-electron chi connectivity index (χ4n) is 2.52. The van der Waals surface area contributed by atoms with Crippen molar-refractivity contribution >= 4 is 0 Å². The molecular formula is C12H20N4O3. The van der Waals surface area contributed by atoms with Crippen LogP contribution < -0.4 is 5.32 Å².